The first kappa shape index (κ1) is 32.0. The first-order valence-corrected chi connectivity index (χ1v) is 15.7. The molecule has 3 atom stereocenters. The third kappa shape index (κ3) is 11.0. The number of amides is 4. The summed E-state index contributed by atoms with van der Waals surface area (Å²) in [5.74, 6) is -0.440. The molecule has 43 heavy (non-hydrogen) atoms. The van der Waals surface area contributed by atoms with Crippen molar-refractivity contribution in [3.63, 3.8) is 0 Å². The second-order valence-electron chi connectivity index (χ2n) is 10.8. The fraction of sp³-hybridized carbons (Fsp3) is 0.438. The van der Waals surface area contributed by atoms with E-state index in [4.69, 9.17) is 4.74 Å². The minimum absolute atomic E-state index is 0.146. The molecule has 4 amide bonds. The van der Waals surface area contributed by atoms with E-state index in [9.17, 15) is 19.5 Å². The molecule has 3 aromatic rings. The number of thiazole rings is 1. The molecule has 1 aliphatic heterocycles. The van der Waals surface area contributed by atoms with Gasteiger partial charge in [0.2, 0.25) is 5.91 Å². The molecule has 10 nitrogen and oxygen atoms in total. The molecule has 0 bridgehead atoms. The number of ether oxygens (including phenoxy) is 1. The van der Waals surface area contributed by atoms with E-state index in [0.29, 0.717) is 38.8 Å². The lowest BCUT2D eigenvalue weighted by Crippen LogP contribution is -2.55. The van der Waals surface area contributed by atoms with E-state index in [-0.39, 0.29) is 24.7 Å². The van der Waals surface area contributed by atoms with Crippen LogP contribution < -0.4 is 16.0 Å². The van der Waals surface area contributed by atoms with Crippen LogP contribution in [0.25, 0.3) is 0 Å². The highest BCUT2D eigenvalue weighted by molar-refractivity contribution is 7.09. The number of urea groups is 1. The molecular weight excluding hydrogens is 566 g/mol. The van der Waals surface area contributed by atoms with Gasteiger partial charge in [-0.05, 0) is 56.1 Å². The number of hydrogen-bond acceptors (Lipinski definition) is 7. The second kappa shape index (κ2) is 17.2. The van der Waals surface area contributed by atoms with Crippen LogP contribution in [0.2, 0.25) is 0 Å². The zero-order valence-electron chi connectivity index (χ0n) is 24.3. The van der Waals surface area contributed by atoms with Crippen LogP contribution in [-0.4, -0.2) is 70.8 Å². The standard InChI is InChI=1S/C32H41N5O5S/c38-21-29(36-31(40)37-16-8-3-9-17-37)30(39)34-26(18-24-10-4-1-5-11-24)14-15-27(19-25-12-6-2-7-13-25)35-32(41)42-22-28-20-33-23-43-28/h1-2,4-7,10-13,20,23,26-27,29,38H,3,8-9,14-19,21-22H2,(H,34,39)(H,35,41)(H,36,40). The molecule has 1 aliphatic rings. The number of nitrogens with one attached hydrogen (secondary N) is 3. The fourth-order valence-electron chi connectivity index (χ4n) is 5.14. The molecule has 1 aromatic heterocycles. The minimum atomic E-state index is -1.06. The number of alkyl carbamates (subject to hydrolysis) is 1. The van der Waals surface area contributed by atoms with E-state index in [2.05, 4.69) is 20.9 Å². The molecule has 230 valence electrons. The maximum absolute atomic E-state index is 13.3. The van der Waals surface area contributed by atoms with Crippen LogP contribution in [0, 0.1) is 0 Å². The predicted molar refractivity (Wildman–Crippen MR) is 166 cm³/mol. The van der Waals surface area contributed by atoms with Crippen LogP contribution in [0.15, 0.2) is 72.4 Å². The van der Waals surface area contributed by atoms with Gasteiger partial charge in [-0.1, -0.05) is 60.7 Å². The zero-order chi connectivity index (χ0) is 30.3. The minimum Gasteiger partial charge on any atom is -0.444 e. The van der Waals surface area contributed by atoms with Crippen molar-refractivity contribution in [3.05, 3.63) is 88.4 Å². The summed E-state index contributed by atoms with van der Waals surface area (Å²) < 4.78 is 5.43. The SMILES string of the molecule is O=C(NC(CCC(Cc1ccccc1)NC(=O)C(CO)NC(=O)N1CCCCC1)Cc1ccccc1)OCc1cncs1. The van der Waals surface area contributed by atoms with Crippen molar-refractivity contribution in [1.29, 1.82) is 0 Å². The smallest absolute Gasteiger partial charge is 0.407 e. The Morgan fingerprint density at radius 3 is 2.02 bits per heavy atom. The Morgan fingerprint density at radius 1 is 0.860 bits per heavy atom. The van der Waals surface area contributed by atoms with Gasteiger partial charge in [-0.3, -0.25) is 9.78 Å². The Morgan fingerprint density at radius 2 is 1.47 bits per heavy atom. The molecule has 0 spiro atoms. The number of likely N-dealkylation sites (tertiary alicyclic amines) is 1. The number of carbonyl (C=O) groups excluding carboxylic acids is 3. The number of piperidine rings is 1. The number of aliphatic hydroxyl groups excluding tert-OH is 1. The number of rotatable bonds is 14. The zero-order valence-corrected chi connectivity index (χ0v) is 25.1. The molecule has 2 aromatic carbocycles. The van der Waals surface area contributed by atoms with E-state index in [1.165, 1.54) is 11.3 Å². The molecule has 1 fully saturated rings. The third-order valence-corrected chi connectivity index (χ3v) is 8.20. The Balaban J connectivity index is 1.41. The van der Waals surface area contributed by atoms with Crippen molar-refractivity contribution in [2.75, 3.05) is 19.7 Å². The number of aliphatic hydroxyl groups is 1. The van der Waals surface area contributed by atoms with Gasteiger partial charge >= 0.3 is 12.1 Å². The summed E-state index contributed by atoms with van der Waals surface area (Å²) in [5.41, 5.74) is 3.80. The summed E-state index contributed by atoms with van der Waals surface area (Å²) >= 11 is 1.42. The lowest BCUT2D eigenvalue weighted by atomic mass is 9.96. The third-order valence-electron chi connectivity index (χ3n) is 7.45. The van der Waals surface area contributed by atoms with Gasteiger partial charge in [0.15, 0.2) is 0 Å². The molecule has 1 saturated heterocycles. The summed E-state index contributed by atoms with van der Waals surface area (Å²) in [7, 11) is 0. The molecule has 4 rings (SSSR count). The number of benzene rings is 2. The molecule has 11 heteroatoms. The Bertz CT molecular complexity index is 1260. The van der Waals surface area contributed by atoms with Gasteiger partial charge in [-0.25, -0.2) is 9.59 Å². The van der Waals surface area contributed by atoms with Gasteiger partial charge in [0.25, 0.3) is 0 Å². The van der Waals surface area contributed by atoms with Crippen molar-refractivity contribution in [2.45, 2.75) is 69.7 Å². The van der Waals surface area contributed by atoms with Crippen LogP contribution in [0.3, 0.4) is 0 Å². The molecule has 0 radical (unpaired) electrons. The molecule has 4 N–H and O–H groups in total. The van der Waals surface area contributed by atoms with Crippen LogP contribution >= 0.6 is 11.3 Å². The van der Waals surface area contributed by atoms with E-state index in [1.54, 1.807) is 16.6 Å². The monoisotopic (exact) mass is 607 g/mol. The van der Waals surface area contributed by atoms with E-state index >= 15 is 0 Å². The molecule has 0 saturated carbocycles. The van der Waals surface area contributed by atoms with Gasteiger partial charge < -0.3 is 30.7 Å². The number of hydrogen-bond donors (Lipinski definition) is 4. The highest BCUT2D eigenvalue weighted by atomic mass is 32.1. The maximum Gasteiger partial charge on any atom is 0.407 e. The number of carbonyl (C=O) groups is 3. The van der Waals surface area contributed by atoms with Gasteiger partial charge in [-0.2, -0.15) is 0 Å². The van der Waals surface area contributed by atoms with Crippen molar-refractivity contribution < 1.29 is 24.2 Å². The number of nitrogens with zero attached hydrogens (tertiary/aromatic N) is 2. The molecular formula is C32H41N5O5S. The predicted octanol–water partition coefficient (Wildman–Crippen LogP) is 4.04. The Hall–Kier alpha value is -3.96. The van der Waals surface area contributed by atoms with Crippen LogP contribution in [0.4, 0.5) is 9.59 Å². The first-order chi connectivity index (χ1) is 21.0. The Kier molecular flexibility index (Phi) is 12.8. The van der Waals surface area contributed by atoms with Gasteiger partial charge in [0.05, 0.1) is 17.0 Å². The quantitative estimate of drug-likeness (QED) is 0.219. The lowest BCUT2D eigenvalue weighted by molar-refractivity contribution is -0.124. The maximum atomic E-state index is 13.3. The van der Waals surface area contributed by atoms with E-state index in [1.807, 2.05) is 60.7 Å². The molecule has 0 aliphatic carbocycles. The largest absolute Gasteiger partial charge is 0.444 e. The highest BCUT2D eigenvalue weighted by Crippen LogP contribution is 2.15. The second-order valence-corrected chi connectivity index (χ2v) is 11.8. The number of aromatic nitrogens is 1. The fourth-order valence-corrected chi connectivity index (χ4v) is 5.65. The normalized spacial score (nSPS) is 15.1. The van der Waals surface area contributed by atoms with Crippen molar-refractivity contribution in [3.8, 4) is 0 Å². The molecule has 3 unspecified atom stereocenters. The van der Waals surface area contributed by atoms with Gasteiger partial charge in [0, 0.05) is 31.4 Å². The summed E-state index contributed by atoms with van der Waals surface area (Å²) in [4.78, 5) is 45.3. The Labute approximate surface area is 256 Å². The highest BCUT2D eigenvalue weighted by Gasteiger charge is 2.26. The van der Waals surface area contributed by atoms with Crippen molar-refractivity contribution in [2.24, 2.45) is 0 Å². The summed E-state index contributed by atoms with van der Waals surface area (Å²) in [6, 6.07) is 17.8. The van der Waals surface area contributed by atoms with E-state index in [0.717, 1.165) is 35.3 Å². The molecule has 2 heterocycles. The van der Waals surface area contributed by atoms with Crippen LogP contribution in [0.1, 0.15) is 48.1 Å². The van der Waals surface area contributed by atoms with E-state index < -0.39 is 24.6 Å². The average molecular weight is 608 g/mol. The van der Waals surface area contributed by atoms with Crippen LogP contribution in [-0.2, 0) is 29.0 Å². The summed E-state index contributed by atoms with van der Waals surface area (Å²) in [6.45, 7) is 0.926. The first-order valence-electron chi connectivity index (χ1n) is 14.9. The summed E-state index contributed by atoms with van der Waals surface area (Å²) in [6.07, 6.45) is 6.35. The van der Waals surface area contributed by atoms with Gasteiger partial charge in [0.1, 0.15) is 12.6 Å². The summed E-state index contributed by atoms with van der Waals surface area (Å²) in [5, 5.41) is 18.8. The van der Waals surface area contributed by atoms with Crippen molar-refractivity contribution >= 4 is 29.4 Å². The van der Waals surface area contributed by atoms with Crippen molar-refractivity contribution in [1.82, 2.24) is 25.8 Å². The van der Waals surface area contributed by atoms with Gasteiger partial charge in [-0.15, -0.1) is 11.3 Å². The van der Waals surface area contributed by atoms with Crippen LogP contribution in [0.5, 0.6) is 0 Å². The average Bonchev–Trinajstić information content (AvgIpc) is 3.56. The topological polar surface area (TPSA) is 133 Å². The lowest BCUT2D eigenvalue weighted by Gasteiger charge is -2.29.